The predicted octanol–water partition coefficient (Wildman–Crippen LogP) is 4.87. The van der Waals surface area contributed by atoms with Crippen molar-refractivity contribution in [2.75, 3.05) is 19.5 Å². The minimum Gasteiger partial charge on any atom is -0.496 e. The van der Waals surface area contributed by atoms with Crippen LogP contribution < -0.4 is 20.2 Å². The van der Waals surface area contributed by atoms with Gasteiger partial charge in [-0.2, -0.15) is 0 Å². The Morgan fingerprint density at radius 1 is 0.935 bits per heavy atom. The largest absolute Gasteiger partial charge is 0.496 e. The SMILES string of the molecule is COc1cccc(OC)c1C(=O)Nc1ccc2oc(-c3ccccc3F)cc(=O)c2c1. The molecule has 0 aliphatic heterocycles. The molecule has 1 amide bonds. The number of methoxy groups -OCH3 is 2. The van der Waals surface area contributed by atoms with E-state index in [9.17, 15) is 14.0 Å². The van der Waals surface area contributed by atoms with Gasteiger partial charge in [-0.25, -0.2) is 4.39 Å². The van der Waals surface area contributed by atoms with Crippen LogP contribution in [0.25, 0.3) is 22.3 Å². The molecule has 0 fully saturated rings. The number of rotatable bonds is 5. The molecule has 0 spiro atoms. The molecule has 0 atom stereocenters. The van der Waals surface area contributed by atoms with Crippen LogP contribution in [0.4, 0.5) is 10.1 Å². The van der Waals surface area contributed by atoms with Gasteiger partial charge in [0.1, 0.15) is 34.2 Å². The molecule has 0 aliphatic carbocycles. The van der Waals surface area contributed by atoms with Gasteiger partial charge in [-0.15, -0.1) is 0 Å². The summed E-state index contributed by atoms with van der Waals surface area (Å²) in [6.07, 6.45) is 0. The van der Waals surface area contributed by atoms with E-state index in [1.165, 1.54) is 38.5 Å². The highest BCUT2D eigenvalue weighted by Crippen LogP contribution is 2.30. The minimum absolute atomic E-state index is 0.131. The number of amides is 1. The quantitative estimate of drug-likeness (QED) is 0.499. The molecule has 4 aromatic rings. The average molecular weight is 419 g/mol. The zero-order valence-corrected chi connectivity index (χ0v) is 16.8. The average Bonchev–Trinajstić information content (AvgIpc) is 2.79. The Hall–Kier alpha value is -4.13. The van der Waals surface area contributed by atoms with Crippen molar-refractivity contribution in [1.29, 1.82) is 0 Å². The second-order valence-corrected chi connectivity index (χ2v) is 6.66. The van der Waals surface area contributed by atoms with Gasteiger partial charge in [0.15, 0.2) is 5.43 Å². The summed E-state index contributed by atoms with van der Waals surface area (Å²) in [5, 5.41) is 3.00. The van der Waals surface area contributed by atoms with Gasteiger partial charge < -0.3 is 19.2 Å². The second kappa shape index (κ2) is 8.31. The Kier molecular flexibility index (Phi) is 5.41. The Labute approximate surface area is 176 Å². The van der Waals surface area contributed by atoms with E-state index in [0.717, 1.165) is 0 Å². The first-order valence-electron chi connectivity index (χ1n) is 9.37. The number of hydrogen-bond acceptors (Lipinski definition) is 5. The van der Waals surface area contributed by atoms with Gasteiger partial charge in [0.05, 0.1) is 25.2 Å². The lowest BCUT2D eigenvalue weighted by Gasteiger charge is -2.13. The number of hydrogen-bond donors (Lipinski definition) is 1. The van der Waals surface area contributed by atoms with Gasteiger partial charge in [-0.05, 0) is 42.5 Å². The standard InChI is InChI=1S/C24H18FNO5/c1-29-20-8-5-9-21(30-2)23(20)24(28)26-14-10-11-19-16(12-14)18(27)13-22(31-19)15-6-3-4-7-17(15)25/h3-13H,1-2H3,(H,26,28). The molecule has 1 heterocycles. The minimum atomic E-state index is -0.486. The predicted molar refractivity (Wildman–Crippen MR) is 115 cm³/mol. The third-order valence-electron chi connectivity index (χ3n) is 4.78. The molecule has 0 saturated carbocycles. The zero-order valence-electron chi connectivity index (χ0n) is 16.8. The molecular weight excluding hydrogens is 401 g/mol. The molecule has 4 rings (SSSR count). The highest BCUT2D eigenvalue weighted by molar-refractivity contribution is 6.08. The van der Waals surface area contributed by atoms with Crippen LogP contribution >= 0.6 is 0 Å². The fourth-order valence-corrected chi connectivity index (χ4v) is 3.30. The Bertz CT molecular complexity index is 1320. The number of anilines is 1. The number of carbonyl (C=O) groups is 1. The van der Waals surface area contributed by atoms with Crippen LogP contribution in [-0.4, -0.2) is 20.1 Å². The molecule has 0 saturated heterocycles. The van der Waals surface area contributed by atoms with E-state index in [-0.39, 0.29) is 33.3 Å². The van der Waals surface area contributed by atoms with E-state index in [1.54, 1.807) is 42.5 Å². The summed E-state index contributed by atoms with van der Waals surface area (Å²) in [7, 11) is 2.92. The molecule has 6 nitrogen and oxygen atoms in total. The van der Waals surface area contributed by atoms with Crippen molar-refractivity contribution in [1.82, 2.24) is 0 Å². The summed E-state index contributed by atoms with van der Waals surface area (Å²) in [4.78, 5) is 25.5. The van der Waals surface area contributed by atoms with Crippen molar-refractivity contribution in [3.63, 3.8) is 0 Å². The van der Waals surface area contributed by atoms with Gasteiger partial charge in [-0.1, -0.05) is 18.2 Å². The van der Waals surface area contributed by atoms with Gasteiger partial charge in [0.2, 0.25) is 0 Å². The Morgan fingerprint density at radius 3 is 2.32 bits per heavy atom. The maximum absolute atomic E-state index is 14.1. The lowest BCUT2D eigenvalue weighted by Crippen LogP contribution is -2.15. The number of benzene rings is 3. The van der Waals surface area contributed by atoms with Gasteiger partial charge >= 0.3 is 0 Å². The van der Waals surface area contributed by atoms with Crippen LogP contribution in [0.3, 0.4) is 0 Å². The summed E-state index contributed by atoms with van der Waals surface area (Å²) in [5.41, 5.74) is 0.733. The highest BCUT2D eigenvalue weighted by Gasteiger charge is 2.19. The summed E-state index contributed by atoms with van der Waals surface area (Å²) < 4.78 is 30.3. The van der Waals surface area contributed by atoms with Crippen LogP contribution in [-0.2, 0) is 0 Å². The normalized spacial score (nSPS) is 10.7. The lowest BCUT2D eigenvalue weighted by atomic mass is 10.1. The van der Waals surface area contributed by atoms with Crippen LogP contribution in [0, 0.1) is 5.82 Å². The van der Waals surface area contributed by atoms with E-state index < -0.39 is 11.7 Å². The summed E-state index contributed by atoms with van der Waals surface area (Å²) >= 11 is 0. The molecule has 31 heavy (non-hydrogen) atoms. The van der Waals surface area contributed by atoms with E-state index in [2.05, 4.69) is 5.32 Å². The molecule has 0 bridgehead atoms. The second-order valence-electron chi connectivity index (χ2n) is 6.66. The Morgan fingerprint density at radius 2 is 1.65 bits per heavy atom. The van der Waals surface area contributed by atoms with E-state index in [0.29, 0.717) is 17.2 Å². The molecule has 0 aliphatic rings. The molecule has 156 valence electrons. The van der Waals surface area contributed by atoms with Gasteiger partial charge in [-0.3, -0.25) is 9.59 Å². The van der Waals surface area contributed by atoms with Crippen molar-refractivity contribution >= 4 is 22.6 Å². The zero-order chi connectivity index (χ0) is 22.0. The van der Waals surface area contributed by atoms with E-state index in [4.69, 9.17) is 13.9 Å². The lowest BCUT2D eigenvalue weighted by molar-refractivity contribution is 0.102. The maximum Gasteiger partial charge on any atom is 0.263 e. The summed E-state index contributed by atoms with van der Waals surface area (Å²) in [6.45, 7) is 0. The van der Waals surface area contributed by atoms with Crippen molar-refractivity contribution < 1.29 is 23.1 Å². The molecule has 0 radical (unpaired) electrons. The van der Waals surface area contributed by atoms with Crippen LogP contribution in [0.2, 0.25) is 0 Å². The van der Waals surface area contributed by atoms with E-state index >= 15 is 0 Å². The van der Waals surface area contributed by atoms with Crippen LogP contribution in [0.5, 0.6) is 11.5 Å². The van der Waals surface area contributed by atoms with E-state index in [1.807, 2.05) is 0 Å². The number of halogens is 1. The summed E-state index contributed by atoms with van der Waals surface area (Å²) in [6, 6.07) is 16.9. The number of nitrogens with one attached hydrogen (secondary N) is 1. The number of fused-ring (bicyclic) bond motifs is 1. The summed E-state index contributed by atoms with van der Waals surface area (Å²) in [5.74, 6) is -0.106. The number of ether oxygens (including phenoxy) is 2. The molecule has 1 N–H and O–H groups in total. The van der Waals surface area contributed by atoms with Crippen molar-refractivity contribution in [2.24, 2.45) is 0 Å². The van der Waals surface area contributed by atoms with Gasteiger partial charge in [0.25, 0.3) is 5.91 Å². The smallest absolute Gasteiger partial charge is 0.263 e. The maximum atomic E-state index is 14.1. The number of carbonyl (C=O) groups excluding carboxylic acids is 1. The highest BCUT2D eigenvalue weighted by atomic mass is 19.1. The first-order chi connectivity index (χ1) is 15.0. The molecule has 0 unspecified atom stereocenters. The van der Waals surface area contributed by atoms with Crippen LogP contribution in [0.15, 0.2) is 75.9 Å². The molecule has 7 heteroatoms. The molecule has 3 aromatic carbocycles. The topological polar surface area (TPSA) is 77.8 Å². The van der Waals surface area contributed by atoms with Crippen molar-refractivity contribution in [3.8, 4) is 22.8 Å². The van der Waals surface area contributed by atoms with Gasteiger partial charge in [0, 0.05) is 11.8 Å². The van der Waals surface area contributed by atoms with Crippen molar-refractivity contribution in [3.05, 3.63) is 88.3 Å². The molecular formula is C24H18FNO5. The van der Waals surface area contributed by atoms with Crippen molar-refractivity contribution in [2.45, 2.75) is 0 Å². The monoisotopic (exact) mass is 419 g/mol. The molecule has 1 aromatic heterocycles. The Balaban J connectivity index is 1.70. The van der Waals surface area contributed by atoms with Crippen LogP contribution in [0.1, 0.15) is 10.4 Å². The third-order valence-corrected chi connectivity index (χ3v) is 4.78. The first kappa shape index (κ1) is 20.2. The first-order valence-corrected chi connectivity index (χ1v) is 9.37. The third kappa shape index (κ3) is 3.85. The fourth-order valence-electron chi connectivity index (χ4n) is 3.30. The fraction of sp³-hybridized carbons (Fsp3) is 0.0833.